The Hall–Kier alpha value is -1.49. The Bertz CT molecular complexity index is 214. The minimum Gasteiger partial charge on any atom is -0.400 e. The summed E-state index contributed by atoms with van der Waals surface area (Å²) in [7, 11) is 1.00. The molecule has 5 heteroatoms. The third-order valence-electron chi connectivity index (χ3n) is 0.836. The molecule has 13 heavy (non-hydrogen) atoms. The van der Waals surface area contributed by atoms with E-state index in [1.807, 2.05) is 13.8 Å². The van der Waals surface area contributed by atoms with Gasteiger partial charge < -0.3 is 15.2 Å². The van der Waals surface area contributed by atoms with E-state index in [2.05, 4.69) is 4.98 Å². The zero-order valence-electron chi connectivity index (χ0n) is 7.97. The number of pyridine rings is 1. The number of hydrogen-bond acceptors (Lipinski definition) is 4. The van der Waals surface area contributed by atoms with E-state index < -0.39 is 4.92 Å². The van der Waals surface area contributed by atoms with Gasteiger partial charge in [-0.05, 0) is 16.0 Å². The molecule has 0 fully saturated rings. The van der Waals surface area contributed by atoms with Crippen LogP contribution in [0.2, 0.25) is 0 Å². The summed E-state index contributed by atoms with van der Waals surface area (Å²) in [4.78, 5) is 12.9. The average molecular weight is 186 g/mol. The number of nitrogens with zero attached hydrogens (tertiary/aromatic N) is 2. The molecule has 0 atom stereocenters. The molecule has 0 saturated heterocycles. The highest BCUT2D eigenvalue weighted by Gasteiger charge is 2.00. The van der Waals surface area contributed by atoms with Gasteiger partial charge in [0.15, 0.2) is 0 Å². The van der Waals surface area contributed by atoms with Gasteiger partial charge in [-0.2, -0.15) is 0 Å². The highest BCUT2D eigenvalue weighted by atomic mass is 16.6. The van der Waals surface area contributed by atoms with Gasteiger partial charge in [-0.25, -0.2) is 0 Å². The molecule has 0 aromatic carbocycles. The van der Waals surface area contributed by atoms with E-state index in [9.17, 15) is 10.1 Å². The number of aliphatic hydroxyl groups excluding tert-OH is 1. The molecule has 1 aromatic heterocycles. The van der Waals surface area contributed by atoms with Gasteiger partial charge in [0.05, 0.1) is 0 Å². The highest BCUT2D eigenvalue weighted by molar-refractivity contribution is 5.16. The van der Waals surface area contributed by atoms with Crippen molar-refractivity contribution >= 4 is 5.82 Å². The van der Waals surface area contributed by atoms with Crippen LogP contribution >= 0.6 is 0 Å². The first-order valence-corrected chi connectivity index (χ1v) is 3.81. The molecule has 0 saturated carbocycles. The molecule has 74 valence electrons. The SMILES string of the molecule is CC.CO.O=[N+]([O-])c1ccccn1. The fourth-order valence-electron chi connectivity index (χ4n) is 0.462. The van der Waals surface area contributed by atoms with Gasteiger partial charge in [0.2, 0.25) is 0 Å². The lowest BCUT2D eigenvalue weighted by atomic mass is 10.5. The third-order valence-corrected chi connectivity index (χ3v) is 0.836. The third kappa shape index (κ3) is 6.89. The molecule has 0 bridgehead atoms. The zero-order valence-corrected chi connectivity index (χ0v) is 7.97. The van der Waals surface area contributed by atoms with Crippen LogP contribution in [0.25, 0.3) is 0 Å². The molecule has 1 heterocycles. The number of aliphatic hydroxyl groups is 1. The van der Waals surface area contributed by atoms with Gasteiger partial charge in [0.25, 0.3) is 0 Å². The minimum atomic E-state index is -0.528. The Kier molecular flexibility index (Phi) is 11.4. The molecule has 0 aliphatic heterocycles. The number of rotatable bonds is 1. The summed E-state index contributed by atoms with van der Waals surface area (Å²) in [6.45, 7) is 4.00. The highest BCUT2D eigenvalue weighted by Crippen LogP contribution is 2.01. The fourth-order valence-corrected chi connectivity index (χ4v) is 0.462. The predicted octanol–water partition coefficient (Wildman–Crippen LogP) is 1.62. The van der Waals surface area contributed by atoms with E-state index in [0.29, 0.717) is 0 Å². The van der Waals surface area contributed by atoms with Crippen molar-refractivity contribution in [1.29, 1.82) is 0 Å². The Labute approximate surface area is 77.2 Å². The topological polar surface area (TPSA) is 76.3 Å². The molecule has 0 spiro atoms. The van der Waals surface area contributed by atoms with Gasteiger partial charge in [-0.1, -0.05) is 19.9 Å². The van der Waals surface area contributed by atoms with E-state index in [0.717, 1.165) is 7.11 Å². The maximum absolute atomic E-state index is 9.94. The first kappa shape index (κ1) is 14.1. The van der Waals surface area contributed by atoms with Gasteiger partial charge in [0, 0.05) is 13.2 Å². The van der Waals surface area contributed by atoms with Crippen LogP contribution in [0.5, 0.6) is 0 Å². The summed E-state index contributed by atoms with van der Waals surface area (Å²) >= 11 is 0. The minimum absolute atomic E-state index is 0.113. The Morgan fingerprint density at radius 1 is 1.38 bits per heavy atom. The molecular formula is C8H14N2O3. The van der Waals surface area contributed by atoms with Crippen molar-refractivity contribution < 1.29 is 10.0 Å². The Morgan fingerprint density at radius 3 is 2.15 bits per heavy atom. The molecule has 0 unspecified atom stereocenters. The summed E-state index contributed by atoms with van der Waals surface area (Å²) in [5, 5.41) is 16.9. The summed E-state index contributed by atoms with van der Waals surface area (Å²) < 4.78 is 0. The Morgan fingerprint density at radius 2 is 1.92 bits per heavy atom. The van der Waals surface area contributed by atoms with E-state index in [4.69, 9.17) is 5.11 Å². The quantitative estimate of drug-likeness (QED) is 0.534. The van der Waals surface area contributed by atoms with E-state index in [-0.39, 0.29) is 5.82 Å². The number of hydrogen-bond donors (Lipinski definition) is 1. The van der Waals surface area contributed by atoms with Crippen molar-refractivity contribution in [3.63, 3.8) is 0 Å². The lowest BCUT2D eigenvalue weighted by Gasteiger charge is -1.86. The second kappa shape index (κ2) is 10.5. The fraction of sp³-hybridized carbons (Fsp3) is 0.375. The van der Waals surface area contributed by atoms with Crippen LogP contribution in [0, 0.1) is 10.1 Å². The molecule has 1 aromatic rings. The van der Waals surface area contributed by atoms with Crippen LogP contribution < -0.4 is 0 Å². The first-order valence-electron chi connectivity index (χ1n) is 3.81. The molecule has 1 N–H and O–H groups in total. The van der Waals surface area contributed by atoms with Gasteiger partial charge in [0.1, 0.15) is 6.20 Å². The van der Waals surface area contributed by atoms with Crippen LogP contribution in [0.3, 0.4) is 0 Å². The van der Waals surface area contributed by atoms with Crippen molar-refractivity contribution in [3.8, 4) is 0 Å². The maximum atomic E-state index is 9.94. The standard InChI is InChI=1S/C5H4N2O2.C2H6.CH4O/c8-7(9)5-3-1-2-4-6-5;2*1-2/h1-4H;1-2H3;2H,1H3. The van der Waals surface area contributed by atoms with E-state index in [1.54, 1.807) is 12.1 Å². The monoisotopic (exact) mass is 186 g/mol. The van der Waals surface area contributed by atoms with E-state index >= 15 is 0 Å². The lowest BCUT2D eigenvalue weighted by molar-refractivity contribution is -0.389. The molecular weight excluding hydrogens is 172 g/mol. The lowest BCUT2D eigenvalue weighted by Crippen LogP contribution is -1.88. The predicted molar refractivity (Wildman–Crippen MR) is 50.4 cm³/mol. The van der Waals surface area contributed by atoms with Crippen molar-refractivity contribution in [2.45, 2.75) is 13.8 Å². The van der Waals surface area contributed by atoms with Crippen LogP contribution in [0.4, 0.5) is 5.82 Å². The molecule has 0 aliphatic carbocycles. The van der Waals surface area contributed by atoms with Crippen molar-refractivity contribution in [3.05, 3.63) is 34.5 Å². The number of nitro groups is 1. The van der Waals surface area contributed by atoms with Crippen molar-refractivity contribution in [2.24, 2.45) is 0 Å². The van der Waals surface area contributed by atoms with Crippen molar-refractivity contribution in [1.82, 2.24) is 4.98 Å². The van der Waals surface area contributed by atoms with E-state index in [1.165, 1.54) is 12.3 Å². The molecule has 1 rings (SSSR count). The van der Waals surface area contributed by atoms with Crippen LogP contribution in [-0.4, -0.2) is 22.1 Å². The summed E-state index contributed by atoms with van der Waals surface area (Å²) in [5.74, 6) is -0.113. The largest absolute Gasteiger partial charge is 0.400 e. The van der Waals surface area contributed by atoms with Gasteiger partial charge in [-0.3, -0.25) is 0 Å². The first-order chi connectivity index (χ1) is 6.30. The summed E-state index contributed by atoms with van der Waals surface area (Å²) in [6, 6.07) is 4.55. The second-order valence-electron chi connectivity index (χ2n) is 1.45. The number of aromatic nitrogens is 1. The van der Waals surface area contributed by atoms with Crippen LogP contribution in [0.15, 0.2) is 24.4 Å². The smallest absolute Gasteiger partial charge is 0.363 e. The van der Waals surface area contributed by atoms with Gasteiger partial charge in [-0.15, -0.1) is 0 Å². The summed E-state index contributed by atoms with van der Waals surface area (Å²) in [6.07, 6.45) is 1.39. The molecule has 0 aliphatic rings. The van der Waals surface area contributed by atoms with Crippen LogP contribution in [-0.2, 0) is 0 Å². The molecule has 0 radical (unpaired) electrons. The van der Waals surface area contributed by atoms with Gasteiger partial charge >= 0.3 is 5.82 Å². The van der Waals surface area contributed by atoms with Crippen LogP contribution in [0.1, 0.15) is 13.8 Å². The molecule has 0 amide bonds. The maximum Gasteiger partial charge on any atom is 0.363 e. The average Bonchev–Trinajstić information content (AvgIpc) is 2.25. The van der Waals surface area contributed by atoms with Crippen molar-refractivity contribution in [2.75, 3.05) is 7.11 Å². The second-order valence-corrected chi connectivity index (χ2v) is 1.45. The molecule has 5 nitrogen and oxygen atoms in total. The Balaban J connectivity index is 0. The summed E-state index contributed by atoms with van der Waals surface area (Å²) in [5.41, 5.74) is 0. The zero-order chi connectivity index (χ0) is 10.7. The normalized spacial score (nSPS) is 7.08.